The molecule has 0 heterocycles. The van der Waals surface area contributed by atoms with Crippen LogP contribution in [0, 0.1) is 0 Å². The van der Waals surface area contributed by atoms with E-state index in [9.17, 15) is 0 Å². The fourth-order valence-electron chi connectivity index (χ4n) is 2.30. The van der Waals surface area contributed by atoms with Gasteiger partial charge in [0, 0.05) is 6.54 Å². The lowest BCUT2D eigenvalue weighted by Crippen LogP contribution is -2.28. The van der Waals surface area contributed by atoms with Crippen LogP contribution < -0.4 is 24.8 Å². The van der Waals surface area contributed by atoms with Crippen LogP contribution >= 0.6 is 12.2 Å². The Morgan fingerprint density at radius 2 is 1.68 bits per heavy atom. The third-order valence-corrected chi connectivity index (χ3v) is 3.66. The van der Waals surface area contributed by atoms with E-state index in [2.05, 4.69) is 10.6 Å². The molecule has 2 aromatic carbocycles. The number of para-hydroxylation sites is 2. The molecule has 0 amide bonds. The zero-order chi connectivity index (χ0) is 18.1. The molecular weight excluding hydrogens is 336 g/mol. The number of ether oxygens (including phenoxy) is 3. The van der Waals surface area contributed by atoms with Crippen molar-refractivity contribution < 1.29 is 14.2 Å². The molecule has 0 fully saturated rings. The lowest BCUT2D eigenvalue weighted by atomic mass is 10.2. The smallest absolute Gasteiger partial charge is 0.171 e. The quantitative estimate of drug-likeness (QED) is 0.695. The molecule has 2 N–H and O–H groups in total. The normalized spacial score (nSPS) is 10.0. The Hall–Kier alpha value is -2.47. The molecule has 0 saturated heterocycles. The van der Waals surface area contributed by atoms with E-state index in [1.165, 1.54) is 0 Å². The highest BCUT2D eigenvalue weighted by atomic mass is 32.1. The Balaban J connectivity index is 1.97. The lowest BCUT2D eigenvalue weighted by molar-refractivity contribution is 0.310. The summed E-state index contributed by atoms with van der Waals surface area (Å²) in [5.74, 6) is 2.22. The second-order valence-corrected chi connectivity index (χ2v) is 5.56. The molecule has 0 aliphatic heterocycles. The summed E-state index contributed by atoms with van der Waals surface area (Å²) in [6, 6.07) is 13.5. The molecular formula is C19H24N2O3S. The topological polar surface area (TPSA) is 51.8 Å². The van der Waals surface area contributed by atoms with Gasteiger partial charge in [-0.3, -0.25) is 0 Å². The van der Waals surface area contributed by atoms with Crippen molar-refractivity contribution in [2.75, 3.05) is 25.6 Å². The predicted molar refractivity (Wildman–Crippen MR) is 105 cm³/mol. The Labute approximate surface area is 154 Å². The summed E-state index contributed by atoms with van der Waals surface area (Å²) in [5.41, 5.74) is 1.89. The number of methoxy groups -OCH3 is 1. The van der Waals surface area contributed by atoms with Crippen molar-refractivity contribution in [1.82, 2.24) is 5.32 Å². The van der Waals surface area contributed by atoms with Gasteiger partial charge in [0.15, 0.2) is 16.6 Å². The first-order chi connectivity index (χ1) is 12.2. The van der Waals surface area contributed by atoms with E-state index in [1.54, 1.807) is 7.11 Å². The second-order valence-electron chi connectivity index (χ2n) is 5.16. The van der Waals surface area contributed by atoms with Gasteiger partial charge in [-0.25, -0.2) is 0 Å². The van der Waals surface area contributed by atoms with Gasteiger partial charge >= 0.3 is 0 Å². The number of thiocarbonyl (C=S) groups is 1. The summed E-state index contributed by atoms with van der Waals surface area (Å²) in [7, 11) is 1.63. The average molecular weight is 360 g/mol. The highest BCUT2D eigenvalue weighted by Gasteiger charge is 2.07. The summed E-state index contributed by atoms with van der Waals surface area (Å²) >= 11 is 5.38. The fraction of sp³-hybridized carbons (Fsp3) is 0.316. The maximum absolute atomic E-state index is 5.60. The largest absolute Gasteiger partial charge is 0.493 e. The van der Waals surface area contributed by atoms with Crippen molar-refractivity contribution in [1.29, 1.82) is 0 Å². The average Bonchev–Trinajstić information content (AvgIpc) is 2.62. The Bertz CT molecular complexity index is 707. The SMILES string of the molecule is CCOc1ccccc1NC(=S)NCc1ccc(OC)c(OCC)c1. The van der Waals surface area contributed by atoms with Crippen LogP contribution in [0.25, 0.3) is 0 Å². The molecule has 0 spiro atoms. The fourth-order valence-corrected chi connectivity index (χ4v) is 2.48. The summed E-state index contributed by atoms with van der Waals surface area (Å²) < 4.78 is 16.5. The molecule has 2 aromatic rings. The number of hydrogen-bond donors (Lipinski definition) is 2. The van der Waals surface area contributed by atoms with Gasteiger partial charge in [0.1, 0.15) is 5.75 Å². The van der Waals surface area contributed by atoms with Gasteiger partial charge in [0.25, 0.3) is 0 Å². The van der Waals surface area contributed by atoms with E-state index >= 15 is 0 Å². The predicted octanol–water partition coefficient (Wildman–Crippen LogP) is 3.98. The first kappa shape index (κ1) is 18.9. The van der Waals surface area contributed by atoms with Crippen LogP contribution in [0.1, 0.15) is 19.4 Å². The molecule has 0 aliphatic rings. The third kappa shape index (κ3) is 5.53. The molecule has 0 bridgehead atoms. The van der Waals surface area contributed by atoms with Crippen LogP contribution in [-0.4, -0.2) is 25.4 Å². The molecule has 0 radical (unpaired) electrons. The number of benzene rings is 2. The monoisotopic (exact) mass is 360 g/mol. The van der Waals surface area contributed by atoms with Crippen molar-refractivity contribution >= 4 is 23.0 Å². The Morgan fingerprint density at radius 1 is 0.960 bits per heavy atom. The molecule has 0 saturated carbocycles. The summed E-state index contributed by atoms with van der Waals surface area (Å²) in [4.78, 5) is 0. The van der Waals surface area contributed by atoms with E-state index in [4.69, 9.17) is 26.4 Å². The molecule has 25 heavy (non-hydrogen) atoms. The van der Waals surface area contributed by atoms with Gasteiger partial charge in [-0.05, 0) is 55.9 Å². The molecule has 0 atom stereocenters. The van der Waals surface area contributed by atoms with Crippen molar-refractivity contribution in [3.8, 4) is 17.2 Å². The third-order valence-electron chi connectivity index (χ3n) is 3.42. The van der Waals surface area contributed by atoms with Crippen LogP contribution in [-0.2, 0) is 6.54 Å². The highest BCUT2D eigenvalue weighted by molar-refractivity contribution is 7.80. The molecule has 5 nitrogen and oxygen atoms in total. The summed E-state index contributed by atoms with van der Waals surface area (Å²) in [6.45, 7) is 5.66. The van der Waals surface area contributed by atoms with Gasteiger partial charge in [-0.1, -0.05) is 18.2 Å². The van der Waals surface area contributed by atoms with Crippen LogP contribution in [0.4, 0.5) is 5.69 Å². The van der Waals surface area contributed by atoms with Gasteiger partial charge in [0.05, 0.1) is 26.0 Å². The zero-order valence-corrected chi connectivity index (χ0v) is 15.6. The number of hydrogen-bond acceptors (Lipinski definition) is 4. The molecule has 6 heteroatoms. The van der Waals surface area contributed by atoms with E-state index in [0.29, 0.717) is 24.9 Å². The number of anilines is 1. The minimum atomic E-state index is 0.529. The van der Waals surface area contributed by atoms with Crippen LogP contribution in [0.5, 0.6) is 17.2 Å². The maximum Gasteiger partial charge on any atom is 0.171 e. The van der Waals surface area contributed by atoms with E-state index in [0.717, 1.165) is 28.5 Å². The summed E-state index contributed by atoms with van der Waals surface area (Å²) in [6.07, 6.45) is 0. The first-order valence-corrected chi connectivity index (χ1v) is 8.65. The number of nitrogens with one attached hydrogen (secondary N) is 2. The van der Waals surface area contributed by atoms with Gasteiger partial charge in [-0.2, -0.15) is 0 Å². The van der Waals surface area contributed by atoms with Crippen LogP contribution in [0.2, 0.25) is 0 Å². The highest BCUT2D eigenvalue weighted by Crippen LogP contribution is 2.28. The van der Waals surface area contributed by atoms with Crippen LogP contribution in [0.3, 0.4) is 0 Å². The van der Waals surface area contributed by atoms with E-state index < -0.39 is 0 Å². The Kier molecular flexibility index (Phi) is 7.35. The molecule has 0 aromatic heterocycles. The van der Waals surface area contributed by atoms with Crippen molar-refractivity contribution in [2.24, 2.45) is 0 Å². The Morgan fingerprint density at radius 3 is 2.40 bits per heavy atom. The van der Waals surface area contributed by atoms with Crippen molar-refractivity contribution in [3.05, 3.63) is 48.0 Å². The molecule has 134 valence electrons. The zero-order valence-electron chi connectivity index (χ0n) is 14.8. The van der Waals surface area contributed by atoms with Crippen molar-refractivity contribution in [2.45, 2.75) is 20.4 Å². The number of rotatable bonds is 8. The lowest BCUT2D eigenvalue weighted by Gasteiger charge is -2.15. The van der Waals surface area contributed by atoms with Crippen LogP contribution in [0.15, 0.2) is 42.5 Å². The van der Waals surface area contributed by atoms with E-state index in [-0.39, 0.29) is 0 Å². The molecule has 0 aliphatic carbocycles. The van der Waals surface area contributed by atoms with Gasteiger partial charge < -0.3 is 24.8 Å². The van der Waals surface area contributed by atoms with Gasteiger partial charge in [-0.15, -0.1) is 0 Å². The minimum absolute atomic E-state index is 0.529. The molecule has 2 rings (SSSR count). The van der Waals surface area contributed by atoms with Crippen molar-refractivity contribution in [3.63, 3.8) is 0 Å². The standard InChI is InChI=1S/C19H24N2O3S/c1-4-23-16-9-7-6-8-15(16)21-19(25)20-13-14-10-11-17(22-3)18(12-14)24-5-2/h6-12H,4-5,13H2,1-3H3,(H2,20,21,25). The maximum atomic E-state index is 5.60. The summed E-state index contributed by atoms with van der Waals surface area (Å²) in [5, 5.41) is 6.89. The minimum Gasteiger partial charge on any atom is -0.493 e. The van der Waals surface area contributed by atoms with Gasteiger partial charge in [0.2, 0.25) is 0 Å². The molecule has 0 unspecified atom stereocenters. The van der Waals surface area contributed by atoms with E-state index in [1.807, 2.05) is 56.3 Å². The second kappa shape index (κ2) is 9.74. The first-order valence-electron chi connectivity index (χ1n) is 8.24.